The lowest BCUT2D eigenvalue weighted by Gasteiger charge is -2.30. The summed E-state index contributed by atoms with van der Waals surface area (Å²) in [5.41, 5.74) is 5.15. The monoisotopic (exact) mass is 872 g/mol. The molecule has 2 fully saturated rings. The molecule has 2 saturated heterocycles. The lowest BCUT2D eigenvalue weighted by molar-refractivity contribution is -0.188. The van der Waals surface area contributed by atoms with Crippen LogP contribution in [0.3, 0.4) is 0 Å². The number of carbonyl (C=O) groups excluding carboxylic acids is 3. The van der Waals surface area contributed by atoms with Gasteiger partial charge in [0.2, 0.25) is 18.2 Å². The van der Waals surface area contributed by atoms with Gasteiger partial charge in [0.05, 0.1) is 49.2 Å². The molecule has 3 amide bonds. The molecule has 4 aromatic rings. The minimum atomic E-state index is -0.688. The number of rotatable bonds is 11. The zero-order chi connectivity index (χ0) is 38.4. The van der Waals surface area contributed by atoms with E-state index in [-0.39, 0.29) is 89.7 Å². The Hall–Kier alpha value is -4.28. The van der Waals surface area contributed by atoms with Crippen LogP contribution in [0, 0.1) is 23.7 Å². The molecule has 2 aromatic heterocycles. The fourth-order valence-corrected chi connectivity index (χ4v) is 7.13. The van der Waals surface area contributed by atoms with Gasteiger partial charge in [0.25, 0.3) is 0 Å². The fraction of sp³-hybridized carbons (Fsp3) is 0.450. The molecule has 2 aromatic carbocycles. The molecule has 14 nitrogen and oxygen atoms in total. The summed E-state index contributed by atoms with van der Waals surface area (Å²) >= 11 is 0. The highest BCUT2D eigenvalue weighted by molar-refractivity contribution is 7.59. The molecule has 316 valence electrons. The van der Waals surface area contributed by atoms with Crippen molar-refractivity contribution in [3.63, 3.8) is 0 Å². The van der Waals surface area contributed by atoms with Gasteiger partial charge < -0.3 is 34.7 Å². The fourth-order valence-electron chi connectivity index (χ4n) is 7.13. The molecule has 2 aliphatic rings. The Morgan fingerprint density at radius 3 is 2.09 bits per heavy atom. The number of carbonyl (C=O) groups is 3. The summed E-state index contributed by atoms with van der Waals surface area (Å²) in [6.07, 6.45) is 5.65. The maximum Gasteiger partial charge on any atom is 0.407 e. The number of nitrogens with one attached hydrogen (secondary N) is 3. The number of hydrogen-bond donors (Lipinski definition) is 3. The van der Waals surface area contributed by atoms with Crippen molar-refractivity contribution in [1.29, 1.82) is 0 Å². The van der Waals surface area contributed by atoms with Gasteiger partial charge in [-0.1, -0.05) is 51.7 Å². The van der Waals surface area contributed by atoms with E-state index >= 15 is 0 Å². The zero-order valence-corrected chi connectivity index (χ0v) is 37.6. The van der Waals surface area contributed by atoms with Crippen molar-refractivity contribution in [2.75, 3.05) is 27.3 Å². The maximum absolute atomic E-state index is 13.5. The number of hydrogen-bond acceptors (Lipinski definition) is 9. The summed E-state index contributed by atoms with van der Waals surface area (Å²) in [5, 5.41) is 2.69. The molecule has 4 atom stereocenters. The van der Waals surface area contributed by atoms with Crippen molar-refractivity contribution < 1.29 is 28.9 Å². The zero-order valence-electron chi connectivity index (χ0n) is 33.6. The quantitative estimate of drug-likeness (QED) is 0.0532. The third-order valence-corrected chi connectivity index (χ3v) is 9.98. The molecule has 0 unspecified atom stereocenters. The van der Waals surface area contributed by atoms with Crippen molar-refractivity contribution >= 4 is 89.3 Å². The Kier molecular flexibility index (Phi) is 19.6. The molecular formula is C40H56N8O6S4. The number of amides is 3. The van der Waals surface area contributed by atoms with Crippen LogP contribution >= 0.6 is 54.0 Å². The van der Waals surface area contributed by atoms with Gasteiger partial charge in [0, 0.05) is 24.2 Å². The van der Waals surface area contributed by atoms with Crippen LogP contribution in [0.25, 0.3) is 22.3 Å². The summed E-state index contributed by atoms with van der Waals surface area (Å²) in [7, 11) is 2.68. The highest BCUT2D eigenvalue weighted by Gasteiger charge is 2.38. The molecule has 0 aliphatic carbocycles. The Morgan fingerprint density at radius 1 is 0.845 bits per heavy atom. The van der Waals surface area contributed by atoms with Gasteiger partial charge in [-0.15, -0.1) is 0 Å². The van der Waals surface area contributed by atoms with Crippen molar-refractivity contribution in [3.05, 3.63) is 71.4 Å². The van der Waals surface area contributed by atoms with Gasteiger partial charge in [-0.05, 0) is 73.4 Å². The van der Waals surface area contributed by atoms with Crippen molar-refractivity contribution in [2.45, 2.75) is 77.5 Å². The van der Waals surface area contributed by atoms with Crippen LogP contribution < -0.4 is 5.32 Å². The topological polar surface area (TPSA) is 167 Å². The van der Waals surface area contributed by atoms with Crippen LogP contribution in [0.2, 0.25) is 0 Å². The summed E-state index contributed by atoms with van der Waals surface area (Å²) in [6.45, 7) is 8.94. The predicted molar refractivity (Wildman–Crippen MR) is 244 cm³/mol. The summed E-state index contributed by atoms with van der Waals surface area (Å²) in [4.78, 5) is 72.7. The van der Waals surface area contributed by atoms with E-state index in [1.165, 1.54) is 20.6 Å². The first-order chi connectivity index (χ1) is 26.1. The highest BCUT2D eigenvalue weighted by Crippen LogP contribution is 2.34. The Bertz CT molecular complexity index is 2060. The Morgan fingerprint density at radius 2 is 1.47 bits per heavy atom. The van der Waals surface area contributed by atoms with Crippen molar-refractivity contribution in [1.82, 2.24) is 35.1 Å². The van der Waals surface area contributed by atoms with E-state index in [4.69, 9.17) is 14.6 Å². The van der Waals surface area contributed by atoms with E-state index in [1.54, 1.807) is 11.1 Å². The van der Waals surface area contributed by atoms with Crippen LogP contribution in [-0.4, -0.2) is 93.4 Å². The number of alkyl carbamates (subject to hydrolysis) is 1. The highest BCUT2D eigenvalue weighted by atomic mass is 32.1. The minimum Gasteiger partial charge on any atom is -0.453 e. The number of likely N-dealkylation sites (tertiary alicyclic amines) is 2. The smallest absolute Gasteiger partial charge is 0.407 e. The van der Waals surface area contributed by atoms with Crippen LogP contribution in [0.1, 0.15) is 88.2 Å². The SMILES string of the molecule is COOC=N[C@H](C(=O)N1CCC[C@H]1c1nc2ccc(C#Cc3ccc(-c4cnc([C@@H]5CCCN5C(=O)[C@@H](NC(=O)OC)C(C)C)[nH]4)cc3)cc2[nH]1)C(C)C.S.S.S.S. The van der Waals surface area contributed by atoms with Gasteiger partial charge in [-0.2, -0.15) is 58.9 Å². The average Bonchev–Trinajstić information content (AvgIpc) is 4.00. The second-order valence-electron chi connectivity index (χ2n) is 14.3. The largest absolute Gasteiger partial charge is 0.453 e. The molecule has 0 spiro atoms. The second-order valence-corrected chi connectivity index (χ2v) is 14.3. The molecule has 18 heteroatoms. The molecule has 58 heavy (non-hydrogen) atoms. The predicted octanol–water partition coefficient (Wildman–Crippen LogP) is 6.14. The molecular weight excluding hydrogens is 817 g/mol. The lowest BCUT2D eigenvalue weighted by Crippen LogP contribution is -2.51. The molecule has 0 saturated carbocycles. The first-order valence-corrected chi connectivity index (χ1v) is 18.4. The third kappa shape index (κ3) is 11.5. The summed E-state index contributed by atoms with van der Waals surface area (Å²) < 4.78 is 4.75. The Balaban J connectivity index is 0.00000290. The normalized spacial score (nSPS) is 17.0. The molecule has 6 rings (SSSR count). The van der Waals surface area contributed by atoms with E-state index in [0.717, 1.165) is 64.9 Å². The van der Waals surface area contributed by atoms with Gasteiger partial charge in [0.1, 0.15) is 23.7 Å². The number of aliphatic imine (C=N–C) groups is 1. The lowest BCUT2D eigenvalue weighted by atomic mass is 10.0. The van der Waals surface area contributed by atoms with Crippen LogP contribution in [0.4, 0.5) is 4.79 Å². The van der Waals surface area contributed by atoms with Crippen LogP contribution in [0.15, 0.2) is 53.7 Å². The second kappa shape index (κ2) is 22.8. The maximum atomic E-state index is 13.5. The van der Waals surface area contributed by atoms with E-state index < -0.39 is 18.2 Å². The number of benzene rings is 2. The number of ether oxygens (including phenoxy) is 1. The number of imidazole rings is 2. The summed E-state index contributed by atoms with van der Waals surface area (Å²) in [6, 6.07) is 12.1. The van der Waals surface area contributed by atoms with Gasteiger partial charge in [-0.3, -0.25) is 9.59 Å². The van der Waals surface area contributed by atoms with Crippen LogP contribution in [0.5, 0.6) is 0 Å². The number of fused-ring (bicyclic) bond motifs is 1. The first kappa shape index (κ1) is 49.9. The number of H-pyrrole nitrogens is 2. The molecule has 3 N–H and O–H groups in total. The van der Waals surface area contributed by atoms with Gasteiger partial charge in [-0.25, -0.2) is 19.8 Å². The van der Waals surface area contributed by atoms with E-state index in [1.807, 2.05) is 75.1 Å². The molecule has 4 heterocycles. The number of aromatic nitrogens is 4. The van der Waals surface area contributed by atoms with E-state index in [0.29, 0.717) is 18.9 Å². The molecule has 0 radical (unpaired) electrons. The average molecular weight is 873 g/mol. The van der Waals surface area contributed by atoms with Gasteiger partial charge >= 0.3 is 6.09 Å². The standard InChI is InChI=1S/C40H48N8O6.4H2S/c1-24(2)34(42-23-54-53-6)38(49)48-20-8-10-33(48)37-43-29-18-15-27(21-30(29)44-37)12-11-26-13-16-28(17-14-26)31-22-41-36(45-31)32-9-7-19-47(32)39(50)35(25(3)4)46-40(51)52-5;;;;/h13-18,21-25,32-35H,7-10,19-20H2,1-6H3,(H,41,45)(H,43,44)(H,46,51);4*1H2/t32-,33-,34-,35-;;;;/m0..../s1. The van der Waals surface area contributed by atoms with E-state index in [2.05, 4.69) is 42.0 Å². The first-order valence-electron chi connectivity index (χ1n) is 18.4. The van der Waals surface area contributed by atoms with Gasteiger partial charge in [0.15, 0.2) is 0 Å². The van der Waals surface area contributed by atoms with Crippen molar-refractivity contribution in [2.24, 2.45) is 16.8 Å². The van der Waals surface area contributed by atoms with Crippen molar-refractivity contribution in [3.8, 4) is 23.1 Å². The van der Waals surface area contributed by atoms with E-state index in [9.17, 15) is 14.4 Å². The minimum absolute atomic E-state index is 0. The number of aromatic amines is 2. The number of methoxy groups -OCH3 is 1. The Labute approximate surface area is 367 Å². The summed E-state index contributed by atoms with van der Waals surface area (Å²) in [5.74, 6) is 7.66. The number of nitrogens with zero attached hydrogens (tertiary/aromatic N) is 5. The molecule has 0 bridgehead atoms. The molecule has 2 aliphatic heterocycles. The third-order valence-electron chi connectivity index (χ3n) is 9.98. The van der Waals surface area contributed by atoms with Crippen LogP contribution in [-0.2, 0) is 24.1 Å².